The van der Waals surface area contributed by atoms with Crippen LogP contribution in [0.4, 0.5) is 4.79 Å². The van der Waals surface area contributed by atoms with Crippen LogP contribution in [-0.2, 0) is 25.7 Å². The molecule has 1 N–H and O–H groups in total. The number of ether oxygens (including phenoxy) is 2. The van der Waals surface area contributed by atoms with E-state index in [1.54, 1.807) is 31.2 Å². The maximum Gasteiger partial charge on any atom is 0.437 e. The van der Waals surface area contributed by atoms with E-state index in [0.717, 1.165) is 32.1 Å². The fraction of sp³-hybridized carbons (Fsp3) is 0.520. The summed E-state index contributed by atoms with van der Waals surface area (Å²) < 4.78 is 34.2. The van der Waals surface area contributed by atoms with Crippen molar-refractivity contribution in [2.75, 3.05) is 13.5 Å². The zero-order valence-corrected chi connectivity index (χ0v) is 19.1. The Labute approximate surface area is 200 Å². The third-order valence-electron chi connectivity index (χ3n) is 4.95. The number of rotatable bonds is 2. The molecule has 2 rings (SSSR count). The molecule has 2 amide bonds. The number of hydrogen-bond donors (Lipinski definition) is 1. The average Bonchev–Trinajstić information content (AvgIpc) is 2.81. The van der Waals surface area contributed by atoms with Crippen molar-refractivity contribution in [3.63, 3.8) is 0 Å². The van der Waals surface area contributed by atoms with Crippen LogP contribution in [0.25, 0.3) is 0 Å². The lowest BCUT2D eigenvalue weighted by molar-refractivity contribution is -0.148. The zero-order valence-electron chi connectivity index (χ0n) is 22.1. The monoisotopic (exact) mass is 460 g/mol. The molecule has 8 nitrogen and oxygen atoms in total. The molecule has 1 aromatic carbocycles. The van der Waals surface area contributed by atoms with Crippen molar-refractivity contribution in [1.82, 2.24) is 10.2 Å². The summed E-state index contributed by atoms with van der Waals surface area (Å²) in [4.78, 5) is 41.8. The maximum atomic E-state index is 12.6. The lowest BCUT2D eigenvalue weighted by atomic mass is 10.1. The van der Waals surface area contributed by atoms with Crippen LogP contribution in [0.3, 0.4) is 0 Å². The summed E-state index contributed by atoms with van der Waals surface area (Å²) in [6.07, 6.45) is 8.32. The molecule has 0 unspecified atom stereocenters. The Hall–Kier alpha value is -3.16. The van der Waals surface area contributed by atoms with Gasteiger partial charge in [-0.2, -0.15) is 0 Å². The molecule has 33 heavy (non-hydrogen) atoms. The van der Waals surface area contributed by atoms with Gasteiger partial charge < -0.3 is 14.4 Å². The summed E-state index contributed by atoms with van der Waals surface area (Å²) >= 11 is 0. The van der Waals surface area contributed by atoms with Gasteiger partial charge in [0.15, 0.2) is 0 Å². The summed E-state index contributed by atoms with van der Waals surface area (Å²) in [5.74, 6) is -1.91. The van der Waals surface area contributed by atoms with Gasteiger partial charge in [-0.15, -0.1) is 4.99 Å². The van der Waals surface area contributed by atoms with E-state index < -0.39 is 43.6 Å². The molecule has 0 saturated carbocycles. The van der Waals surface area contributed by atoms with E-state index in [2.05, 4.69) is 22.5 Å². The molecule has 8 heteroatoms. The van der Waals surface area contributed by atoms with Crippen molar-refractivity contribution in [3.8, 4) is 0 Å². The third kappa shape index (κ3) is 11.3. The molecular formula is C25H35N3O5. The number of esters is 1. The minimum absolute atomic E-state index is 0.0920. The van der Waals surface area contributed by atoms with E-state index in [-0.39, 0.29) is 13.0 Å². The molecule has 0 spiro atoms. The first-order valence-corrected chi connectivity index (χ1v) is 11.4. The number of guanidine groups is 1. The number of benzene rings is 1. The third-order valence-corrected chi connectivity index (χ3v) is 4.95. The highest BCUT2D eigenvalue weighted by Crippen LogP contribution is 2.09. The topological polar surface area (TPSA) is 97.3 Å². The smallest absolute Gasteiger partial charge is 0.437 e. The number of allylic oxidation sites excluding steroid dienone is 2. The normalized spacial score (nSPS) is 23.7. The minimum atomic E-state index is -2.89. The quantitative estimate of drug-likeness (QED) is 0.521. The molecule has 0 bridgehead atoms. The lowest BCUT2D eigenvalue weighted by Gasteiger charge is -2.22. The summed E-state index contributed by atoms with van der Waals surface area (Å²) in [5.41, 5.74) is 0.707. The van der Waals surface area contributed by atoms with Gasteiger partial charge in [-0.1, -0.05) is 42.5 Å². The fourth-order valence-electron chi connectivity index (χ4n) is 3.18. The molecule has 0 aliphatic carbocycles. The Morgan fingerprint density at radius 2 is 1.91 bits per heavy atom. The van der Waals surface area contributed by atoms with Crippen molar-refractivity contribution in [1.29, 1.82) is 0 Å². The SMILES string of the molecule is [2H]C([2H])([2H])N1CC(=O)O[C@H](C)CCCC/C=C\CCCCC(=O)N/C1=N/C(=O)OCc1ccccc1. The Bertz CT molecular complexity index is 919. The van der Waals surface area contributed by atoms with E-state index in [0.29, 0.717) is 23.3 Å². The minimum Gasteiger partial charge on any atom is -0.461 e. The van der Waals surface area contributed by atoms with E-state index in [1.807, 2.05) is 6.07 Å². The van der Waals surface area contributed by atoms with Gasteiger partial charge in [0, 0.05) is 17.5 Å². The number of likely N-dealkylation sites (N-methyl/N-ethyl adjacent to an activating group) is 1. The van der Waals surface area contributed by atoms with E-state index >= 15 is 0 Å². The standard InChI is InChI=1S/C25H35N3O5/c1-20-14-10-7-5-3-4-6-8-13-17-22(29)26-24(28(2)18-23(30)33-20)27-25(31)32-19-21-15-11-9-12-16-21/h3-4,9,11-12,15-16,20H,5-8,10,13-14,17-19H2,1-2H3,(H,26,27,29,31)/b4-3-/t20-/m1/s1/i2D3. The maximum absolute atomic E-state index is 12.6. The van der Waals surface area contributed by atoms with Gasteiger partial charge in [0.2, 0.25) is 11.9 Å². The molecule has 1 heterocycles. The first-order chi connectivity index (χ1) is 17.1. The first kappa shape index (κ1) is 21.7. The zero-order chi connectivity index (χ0) is 26.4. The number of carbonyl (C=O) groups excluding carboxylic acids is 3. The number of hydrogen-bond acceptors (Lipinski definition) is 5. The molecule has 1 aliphatic rings. The second-order valence-corrected chi connectivity index (χ2v) is 7.91. The Morgan fingerprint density at radius 1 is 1.18 bits per heavy atom. The van der Waals surface area contributed by atoms with Crippen LogP contribution in [-0.4, -0.2) is 48.5 Å². The number of cyclic esters (lactones) is 1. The molecular weight excluding hydrogens is 422 g/mol. The molecule has 0 fully saturated rings. The van der Waals surface area contributed by atoms with Crippen molar-refractivity contribution in [3.05, 3.63) is 48.0 Å². The Balaban J connectivity index is 2.24. The second-order valence-electron chi connectivity index (χ2n) is 7.91. The van der Waals surface area contributed by atoms with Crippen molar-refractivity contribution in [2.24, 2.45) is 4.99 Å². The lowest BCUT2D eigenvalue weighted by Crippen LogP contribution is -2.45. The number of nitrogens with zero attached hydrogens (tertiary/aromatic N) is 2. The molecule has 0 saturated heterocycles. The second kappa shape index (κ2) is 14.8. The molecule has 0 radical (unpaired) electrons. The van der Waals surface area contributed by atoms with Gasteiger partial charge in [0.1, 0.15) is 13.2 Å². The molecule has 0 aromatic heterocycles. The van der Waals surface area contributed by atoms with E-state index in [4.69, 9.17) is 13.6 Å². The van der Waals surface area contributed by atoms with Crippen LogP contribution in [0.1, 0.15) is 68.0 Å². The number of aliphatic imine (C=N–C) groups is 1. The van der Waals surface area contributed by atoms with Gasteiger partial charge >= 0.3 is 12.1 Å². The van der Waals surface area contributed by atoms with E-state index in [9.17, 15) is 14.4 Å². The first-order valence-electron chi connectivity index (χ1n) is 12.9. The fourth-order valence-corrected chi connectivity index (χ4v) is 3.18. The largest absolute Gasteiger partial charge is 0.461 e. The van der Waals surface area contributed by atoms with Crippen LogP contribution in [0.5, 0.6) is 0 Å². The summed E-state index contributed by atoms with van der Waals surface area (Å²) in [6, 6.07) is 8.87. The molecule has 1 aromatic rings. The van der Waals surface area contributed by atoms with Crippen LogP contribution < -0.4 is 5.32 Å². The molecule has 1 atom stereocenters. The van der Waals surface area contributed by atoms with Crippen LogP contribution in [0, 0.1) is 0 Å². The predicted octanol–water partition coefficient (Wildman–Crippen LogP) is 4.35. The van der Waals surface area contributed by atoms with Crippen LogP contribution >= 0.6 is 0 Å². The summed E-state index contributed by atoms with van der Waals surface area (Å²) in [7, 11) is 0. The Kier molecular flexibility index (Phi) is 9.73. The van der Waals surface area contributed by atoms with Crippen LogP contribution in [0.15, 0.2) is 47.5 Å². The number of carbonyl (C=O) groups is 3. The summed E-state index contributed by atoms with van der Waals surface area (Å²) in [6.45, 7) is -1.97. The van der Waals surface area contributed by atoms with Crippen molar-refractivity contribution >= 4 is 23.9 Å². The highest BCUT2D eigenvalue weighted by atomic mass is 16.5. The number of amides is 2. The van der Waals surface area contributed by atoms with Gasteiger partial charge in [-0.05, 0) is 57.4 Å². The highest BCUT2D eigenvalue weighted by Gasteiger charge is 2.18. The molecule has 1 aliphatic heterocycles. The van der Waals surface area contributed by atoms with Crippen molar-refractivity contribution in [2.45, 2.75) is 71.0 Å². The predicted molar refractivity (Wildman–Crippen MR) is 126 cm³/mol. The summed E-state index contributed by atoms with van der Waals surface area (Å²) in [5, 5.41) is 2.39. The molecule has 180 valence electrons. The Morgan fingerprint density at radius 3 is 2.64 bits per heavy atom. The van der Waals surface area contributed by atoms with Gasteiger partial charge in [0.25, 0.3) is 0 Å². The van der Waals surface area contributed by atoms with E-state index in [1.165, 1.54) is 0 Å². The average molecular weight is 461 g/mol. The van der Waals surface area contributed by atoms with Gasteiger partial charge in [-0.25, -0.2) is 4.79 Å². The van der Waals surface area contributed by atoms with Crippen LogP contribution in [0.2, 0.25) is 0 Å². The van der Waals surface area contributed by atoms with Crippen molar-refractivity contribution < 1.29 is 28.0 Å². The highest BCUT2D eigenvalue weighted by molar-refractivity contribution is 6.01. The number of nitrogens with one attached hydrogen (secondary N) is 1. The van der Waals surface area contributed by atoms with Gasteiger partial charge in [-0.3, -0.25) is 14.9 Å². The van der Waals surface area contributed by atoms with Gasteiger partial charge in [0.05, 0.1) is 6.10 Å².